The molecule has 0 unspecified atom stereocenters. The molecule has 5 heteroatoms. The molecule has 0 heterocycles. The molecule has 0 aliphatic carbocycles. The third-order valence-corrected chi connectivity index (χ3v) is 1.77. The Balaban J connectivity index is 3.62. The molecule has 0 aromatic carbocycles. The molecule has 0 saturated carbocycles. The van der Waals surface area contributed by atoms with E-state index in [4.69, 9.17) is 15.1 Å². The van der Waals surface area contributed by atoms with Gasteiger partial charge in [0.25, 0.3) is 0 Å². The number of carboxylic acids is 1. The van der Waals surface area contributed by atoms with Crippen LogP contribution in [0.5, 0.6) is 0 Å². The van der Waals surface area contributed by atoms with Crippen LogP contribution in [0.1, 0.15) is 12.8 Å². The number of rotatable bonds is 8. The maximum atomic E-state index is 10.2. The van der Waals surface area contributed by atoms with E-state index in [2.05, 4.69) is 0 Å². The van der Waals surface area contributed by atoms with Crippen molar-refractivity contribution in [2.24, 2.45) is 0 Å². The zero-order chi connectivity index (χ0) is 10.8. The minimum atomic E-state index is -0.798. The highest BCUT2D eigenvalue weighted by Crippen LogP contribution is 1.95. The summed E-state index contributed by atoms with van der Waals surface area (Å²) in [6.07, 6.45) is 0.718. The number of methoxy groups -OCH3 is 1. The highest BCUT2D eigenvalue weighted by atomic mass is 16.5. The van der Waals surface area contributed by atoms with Gasteiger partial charge in [0.15, 0.2) is 0 Å². The highest BCUT2D eigenvalue weighted by Gasteiger charge is 2.04. The van der Waals surface area contributed by atoms with Crippen LogP contribution in [0.3, 0.4) is 0 Å². The largest absolute Gasteiger partial charge is 0.481 e. The second-order valence-electron chi connectivity index (χ2n) is 2.92. The molecule has 0 fully saturated rings. The zero-order valence-corrected chi connectivity index (χ0v) is 8.40. The number of nitriles is 1. The SMILES string of the molecule is COCCN(CC#N)CCCC(=O)O. The lowest BCUT2D eigenvalue weighted by Gasteiger charge is -2.17. The first-order valence-electron chi connectivity index (χ1n) is 4.50. The summed E-state index contributed by atoms with van der Waals surface area (Å²) >= 11 is 0. The van der Waals surface area contributed by atoms with Crippen LogP contribution in [-0.4, -0.2) is 49.3 Å². The molecule has 0 saturated heterocycles. The monoisotopic (exact) mass is 200 g/mol. The minimum Gasteiger partial charge on any atom is -0.481 e. The van der Waals surface area contributed by atoms with Gasteiger partial charge in [-0.1, -0.05) is 0 Å². The van der Waals surface area contributed by atoms with Crippen molar-refractivity contribution in [1.29, 1.82) is 5.26 Å². The van der Waals surface area contributed by atoms with Crippen molar-refractivity contribution in [2.75, 3.05) is 33.4 Å². The fourth-order valence-electron chi connectivity index (χ4n) is 1.04. The van der Waals surface area contributed by atoms with E-state index in [1.807, 2.05) is 11.0 Å². The van der Waals surface area contributed by atoms with E-state index in [1.54, 1.807) is 7.11 Å². The van der Waals surface area contributed by atoms with Crippen molar-refractivity contribution in [3.8, 4) is 6.07 Å². The Morgan fingerprint density at radius 2 is 2.29 bits per heavy atom. The summed E-state index contributed by atoms with van der Waals surface area (Å²) in [4.78, 5) is 12.1. The van der Waals surface area contributed by atoms with E-state index in [9.17, 15) is 4.79 Å². The van der Waals surface area contributed by atoms with Gasteiger partial charge in [0.2, 0.25) is 0 Å². The highest BCUT2D eigenvalue weighted by molar-refractivity contribution is 5.66. The average molecular weight is 200 g/mol. The summed E-state index contributed by atoms with van der Waals surface area (Å²) in [6.45, 7) is 2.19. The molecular formula is C9H16N2O3. The van der Waals surface area contributed by atoms with E-state index < -0.39 is 5.97 Å². The number of carbonyl (C=O) groups is 1. The Kier molecular flexibility index (Phi) is 7.80. The fourth-order valence-corrected chi connectivity index (χ4v) is 1.04. The van der Waals surface area contributed by atoms with Crippen molar-refractivity contribution in [3.05, 3.63) is 0 Å². The Bertz CT molecular complexity index is 201. The van der Waals surface area contributed by atoms with Crippen molar-refractivity contribution in [2.45, 2.75) is 12.8 Å². The van der Waals surface area contributed by atoms with Crippen molar-refractivity contribution < 1.29 is 14.6 Å². The maximum Gasteiger partial charge on any atom is 0.303 e. The number of hydrogen-bond donors (Lipinski definition) is 1. The second-order valence-corrected chi connectivity index (χ2v) is 2.92. The molecule has 0 aromatic rings. The molecule has 0 aromatic heterocycles. The van der Waals surface area contributed by atoms with Crippen LogP contribution in [0.15, 0.2) is 0 Å². The van der Waals surface area contributed by atoms with Gasteiger partial charge in [-0.05, 0) is 13.0 Å². The van der Waals surface area contributed by atoms with Crippen LogP contribution in [0, 0.1) is 11.3 Å². The van der Waals surface area contributed by atoms with Crippen LogP contribution in [0.4, 0.5) is 0 Å². The number of hydrogen-bond acceptors (Lipinski definition) is 4. The molecule has 1 N–H and O–H groups in total. The first-order chi connectivity index (χ1) is 6.70. The van der Waals surface area contributed by atoms with Gasteiger partial charge in [-0.2, -0.15) is 5.26 Å². The van der Waals surface area contributed by atoms with Gasteiger partial charge in [0, 0.05) is 20.1 Å². The van der Waals surface area contributed by atoms with E-state index in [0.29, 0.717) is 32.7 Å². The van der Waals surface area contributed by atoms with Gasteiger partial charge in [0.1, 0.15) is 0 Å². The molecule has 0 bridgehead atoms. The van der Waals surface area contributed by atoms with E-state index in [1.165, 1.54) is 0 Å². The van der Waals surface area contributed by atoms with Crippen LogP contribution in [-0.2, 0) is 9.53 Å². The molecule has 14 heavy (non-hydrogen) atoms. The summed E-state index contributed by atoms with van der Waals surface area (Å²) < 4.78 is 4.88. The quantitative estimate of drug-likeness (QED) is 0.571. The molecule has 5 nitrogen and oxygen atoms in total. The molecule has 0 aliphatic heterocycles. The molecule has 0 aliphatic rings. The van der Waals surface area contributed by atoms with Crippen LogP contribution >= 0.6 is 0 Å². The minimum absolute atomic E-state index is 0.148. The van der Waals surface area contributed by atoms with Crippen molar-refractivity contribution in [3.63, 3.8) is 0 Å². The average Bonchev–Trinajstić information content (AvgIpc) is 2.13. The number of aliphatic carboxylic acids is 1. The van der Waals surface area contributed by atoms with Gasteiger partial charge in [-0.3, -0.25) is 9.69 Å². The molecule has 0 amide bonds. The smallest absolute Gasteiger partial charge is 0.303 e. The normalized spacial score (nSPS) is 10.1. The standard InChI is InChI=1S/C9H16N2O3/c1-14-8-7-11(6-4-10)5-2-3-9(12)13/h2-3,5-8H2,1H3,(H,12,13). The second kappa shape index (κ2) is 8.48. The first-order valence-corrected chi connectivity index (χ1v) is 4.50. The van der Waals surface area contributed by atoms with Crippen molar-refractivity contribution in [1.82, 2.24) is 4.90 Å². The lowest BCUT2D eigenvalue weighted by Crippen LogP contribution is -2.29. The number of carboxylic acid groups (broad SMARTS) is 1. The number of ether oxygens (including phenoxy) is 1. The fraction of sp³-hybridized carbons (Fsp3) is 0.778. The summed E-state index contributed by atoms with van der Waals surface area (Å²) in [6, 6.07) is 2.04. The lowest BCUT2D eigenvalue weighted by atomic mass is 10.3. The Labute approximate surface area is 83.9 Å². The lowest BCUT2D eigenvalue weighted by molar-refractivity contribution is -0.137. The Hall–Kier alpha value is -1.12. The predicted molar refractivity (Wildman–Crippen MR) is 50.8 cm³/mol. The van der Waals surface area contributed by atoms with Crippen LogP contribution in [0.25, 0.3) is 0 Å². The molecular weight excluding hydrogens is 184 g/mol. The van der Waals surface area contributed by atoms with E-state index in [0.717, 1.165) is 0 Å². The van der Waals surface area contributed by atoms with Gasteiger partial charge < -0.3 is 9.84 Å². The van der Waals surface area contributed by atoms with Crippen LogP contribution < -0.4 is 0 Å². The first kappa shape index (κ1) is 12.9. The van der Waals surface area contributed by atoms with Gasteiger partial charge >= 0.3 is 5.97 Å². The van der Waals surface area contributed by atoms with Gasteiger partial charge in [-0.15, -0.1) is 0 Å². The topological polar surface area (TPSA) is 73.6 Å². The molecule has 0 radical (unpaired) electrons. The summed E-state index contributed by atoms with van der Waals surface area (Å²) in [7, 11) is 1.60. The Morgan fingerprint density at radius 1 is 1.57 bits per heavy atom. The van der Waals surface area contributed by atoms with Crippen molar-refractivity contribution >= 4 is 5.97 Å². The number of nitrogens with zero attached hydrogens (tertiary/aromatic N) is 2. The zero-order valence-electron chi connectivity index (χ0n) is 8.40. The molecule has 80 valence electrons. The summed E-state index contributed by atoms with van der Waals surface area (Å²) in [5, 5.41) is 16.9. The summed E-state index contributed by atoms with van der Waals surface area (Å²) in [5.41, 5.74) is 0. The molecule has 0 spiro atoms. The Morgan fingerprint density at radius 3 is 2.79 bits per heavy atom. The van der Waals surface area contributed by atoms with E-state index in [-0.39, 0.29) is 6.42 Å². The van der Waals surface area contributed by atoms with Crippen LogP contribution in [0.2, 0.25) is 0 Å². The predicted octanol–water partition coefficient (Wildman–Crippen LogP) is 0.323. The maximum absolute atomic E-state index is 10.2. The van der Waals surface area contributed by atoms with Gasteiger partial charge in [-0.25, -0.2) is 0 Å². The third kappa shape index (κ3) is 7.53. The molecule has 0 rings (SSSR count). The van der Waals surface area contributed by atoms with E-state index >= 15 is 0 Å². The third-order valence-electron chi connectivity index (χ3n) is 1.77. The molecule has 0 atom stereocenters. The van der Waals surface area contributed by atoms with Gasteiger partial charge in [0.05, 0.1) is 19.2 Å². The summed E-state index contributed by atoms with van der Waals surface area (Å²) in [5.74, 6) is -0.798.